The Kier molecular flexibility index (Phi) is 12.4. The van der Waals surface area contributed by atoms with Crippen molar-refractivity contribution in [2.75, 3.05) is 23.7 Å². The number of hydrogen-bond acceptors (Lipinski definition) is 4. The third-order valence-electron chi connectivity index (χ3n) is 6.50. The number of aryl methyl sites for hydroxylation is 2. The maximum Gasteiger partial charge on any atom is 0.242 e. The molecule has 2 aromatic carbocycles. The normalized spacial score (nSPS) is 12.2. The van der Waals surface area contributed by atoms with Gasteiger partial charge in [0.15, 0.2) is 0 Å². The van der Waals surface area contributed by atoms with Crippen molar-refractivity contribution in [3.63, 3.8) is 0 Å². The maximum absolute atomic E-state index is 13.5. The quantitative estimate of drug-likeness (QED) is 0.281. The van der Waals surface area contributed by atoms with Crippen molar-refractivity contribution >= 4 is 50.7 Å². The first-order valence-electron chi connectivity index (χ1n) is 12.9. The van der Waals surface area contributed by atoms with Crippen molar-refractivity contribution in [3.8, 4) is 0 Å². The minimum Gasteiger partial charge on any atom is -0.354 e. The molecule has 0 radical (unpaired) electrons. The van der Waals surface area contributed by atoms with Gasteiger partial charge in [0, 0.05) is 36.1 Å². The van der Waals surface area contributed by atoms with E-state index >= 15 is 0 Å². The van der Waals surface area contributed by atoms with Gasteiger partial charge >= 0.3 is 0 Å². The van der Waals surface area contributed by atoms with Gasteiger partial charge in [-0.1, -0.05) is 55.6 Å². The molecule has 2 amide bonds. The van der Waals surface area contributed by atoms with Crippen LogP contribution in [0.1, 0.15) is 62.6 Å². The molecule has 7 nitrogen and oxygen atoms in total. The van der Waals surface area contributed by atoms with Crippen molar-refractivity contribution in [2.24, 2.45) is 0 Å². The van der Waals surface area contributed by atoms with Crippen molar-refractivity contribution in [1.29, 1.82) is 0 Å². The number of benzene rings is 2. The number of rotatable bonds is 14. The number of unbranched alkanes of at least 4 members (excludes halogenated alkanes) is 1. The Hall–Kier alpha value is -2.29. The van der Waals surface area contributed by atoms with Crippen molar-refractivity contribution < 1.29 is 18.0 Å². The molecular weight excluding hydrogens is 545 g/mol. The summed E-state index contributed by atoms with van der Waals surface area (Å²) < 4.78 is 26.5. The van der Waals surface area contributed by atoms with Gasteiger partial charge in [0.2, 0.25) is 21.8 Å². The van der Waals surface area contributed by atoms with Gasteiger partial charge in [-0.05, 0) is 74.1 Å². The lowest BCUT2D eigenvalue weighted by atomic mass is 10.1. The Morgan fingerprint density at radius 1 is 1.00 bits per heavy atom. The van der Waals surface area contributed by atoms with Gasteiger partial charge in [-0.2, -0.15) is 0 Å². The second-order valence-corrected chi connectivity index (χ2v) is 12.3. The second-order valence-electron chi connectivity index (χ2n) is 9.53. The zero-order valence-corrected chi connectivity index (χ0v) is 25.2. The molecule has 10 heteroatoms. The van der Waals surface area contributed by atoms with Crippen molar-refractivity contribution in [3.05, 3.63) is 63.1 Å². The highest BCUT2D eigenvalue weighted by atomic mass is 35.5. The lowest BCUT2D eigenvalue weighted by Crippen LogP contribution is -2.49. The minimum absolute atomic E-state index is 0.0703. The lowest BCUT2D eigenvalue weighted by Gasteiger charge is -2.31. The predicted molar refractivity (Wildman–Crippen MR) is 156 cm³/mol. The van der Waals surface area contributed by atoms with Crippen LogP contribution in [-0.4, -0.2) is 50.5 Å². The number of anilines is 1. The summed E-state index contributed by atoms with van der Waals surface area (Å²) in [5, 5.41) is 3.82. The van der Waals surface area contributed by atoms with E-state index in [4.69, 9.17) is 23.2 Å². The highest BCUT2D eigenvalue weighted by molar-refractivity contribution is 7.92. The molecule has 0 unspecified atom stereocenters. The molecule has 1 N–H and O–H groups in total. The highest BCUT2D eigenvalue weighted by Crippen LogP contribution is 2.25. The van der Waals surface area contributed by atoms with E-state index < -0.39 is 16.1 Å². The van der Waals surface area contributed by atoms with Crippen LogP contribution in [0, 0.1) is 13.8 Å². The molecule has 1 atom stereocenters. The predicted octanol–water partition coefficient (Wildman–Crippen LogP) is 5.88. The number of carbonyl (C=O) groups is 2. The number of sulfonamides is 1. The largest absolute Gasteiger partial charge is 0.354 e. The Morgan fingerprint density at radius 3 is 2.29 bits per heavy atom. The smallest absolute Gasteiger partial charge is 0.242 e. The summed E-state index contributed by atoms with van der Waals surface area (Å²) >= 11 is 12.4. The minimum atomic E-state index is -3.56. The van der Waals surface area contributed by atoms with Crippen LogP contribution < -0.4 is 9.62 Å². The van der Waals surface area contributed by atoms with Crippen molar-refractivity contribution in [2.45, 2.75) is 72.4 Å². The van der Waals surface area contributed by atoms with Gasteiger partial charge < -0.3 is 10.2 Å². The van der Waals surface area contributed by atoms with Crippen LogP contribution in [0.2, 0.25) is 10.0 Å². The van der Waals surface area contributed by atoms with Crippen LogP contribution in [0.5, 0.6) is 0 Å². The van der Waals surface area contributed by atoms with E-state index in [0.29, 0.717) is 34.3 Å². The summed E-state index contributed by atoms with van der Waals surface area (Å²) in [7, 11) is -3.56. The van der Waals surface area contributed by atoms with E-state index in [-0.39, 0.29) is 37.7 Å². The molecule has 210 valence electrons. The molecule has 0 fully saturated rings. The topological polar surface area (TPSA) is 86.8 Å². The number of carbonyl (C=O) groups excluding carboxylic acids is 2. The molecule has 0 heterocycles. The summed E-state index contributed by atoms with van der Waals surface area (Å²) in [6.07, 6.45) is 3.73. The molecule has 0 aliphatic rings. The van der Waals surface area contributed by atoms with Crippen molar-refractivity contribution in [1.82, 2.24) is 10.2 Å². The highest BCUT2D eigenvalue weighted by Gasteiger charge is 2.29. The van der Waals surface area contributed by atoms with Crippen LogP contribution in [-0.2, 0) is 26.2 Å². The number of nitrogens with zero attached hydrogens (tertiary/aromatic N) is 2. The average molecular weight is 585 g/mol. The lowest BCUT2D eigenvalue weighted by molar-refractivity contribution is -0.141. The van der Waals surface area contributed by atoms with E-state index in [2.05, 4.69) is 5.32 Å². The third kappa shape index (κ3) is 9.17. The molecule has 0 aliphatic heterocycles. The van der Waals surface area contributed by atoms with Gasteiger partial charge in [0.25, 0.3) is 0 Å². The van der Waals surface area contributed by atoms with E-state index in [1.54, 1.807) is 24.3 Å². The zero-order chi connectivity index (χ0) is 28.5. The van der Waals surface area contributed by atoms with Crippen LogP contribution in [0.4, 0.5) is 5.69 Å². The molecule has 2 rings (SSSR count). The molecule has 0 bridgehead atoms. The van der Waals surface area contributed by atoms with Gasteiger partial charge in [-0.25, -0.2) is 8.42 Å². The molecule has 0 saturated heterocycles. The number of hydrogen-bond donors (Lipinski definition) is 1. The third-order valence-corrected chi connectivity index (χ3v) is 8.28. The van der Waals surface area contributed by atoms with Gasteiger partial charge in [0.05, 0.1) is 11.9 Å². The Bertz CT molecular complexity index is 1220. The van der Waals surface area contributed by atoms with Crippen LogP contribution in [0.15, 0.2) is 36.4 Å². The number of nitrogens with one attached hydrogen (secondary N) is 1. The molecule has 0 aromatic heterocycles. The van der Waals surface area contributed by atoms with Crippen LogP contribution >= 0.6 is 23.2 Å². The Morgan fingerprint density at radius 2 is 1.71 bits per heavy atom. The fraction of sp³-hybridized carbons (Fsp3) is 0.500. The molecule has 0 saturated carbocycles. The monoisotopic (exact) mass is 583 g/mol. The van der Waals surface area contributed by atoms with Gasteiger partial charge in [-0.3, -0.25) is 13.9 Å². The second kappa shape index (κ2) is 14.8. The fourth-order valence-electron chi connectivity index (χ4n) is 4.14. The first kappa shape index (κ1) is 31.9. The van der Waals surface area contributed by atoms with Gasteiger partial charge in [-0.15, -0.1) is 0 Å². The molecule has 38 heavy (non-hydrogen) atoms. The summed E-state index contributed by atoms with van der Waals surface area (Å²) in [5.74, 6) is -0.464. The van der Waals surface area contributed by atoms with Gasteiger partial charge in [0.1, 0.15) is 6.04 Å². The number of halogens is 2. The molecule has 2 aromatic rings. The summed E-state index contributed by atoms with van der Waals surface area (Å²) in [5.41, 5.74) is 3.29. The standard InChI is InChI=1S/C28H39Cl2N3O4S/c1-6-8-15-31-28(35)26(7-2)32(19-22-12-13-23(29)18-25(22)30)27(34)10-9-16-33(38(5,36)37)24-14-11-20(3)21(4)17-24/h11-14,17-18,26H,6-10,15-16,19H2,1-5H3,(H,31,35)/t26-/m0/s1. The van der Waals surface area contributed by atoms with Crippen LogP contribution in [0.3, 0.4) is 0 Å². The van der Waals surface area contributed by atoms with E-state index in [1.807, 2.05) is 39.8 Å². The van der Waals surface area contributed by atoms with Crippen LogP contribution in [0.25, 0.3) is 0 Å². The van der Waals surface area contributed by atoms with E-state index in [9.17, 15) is 18.0 Å². The Labute approximate surface area is 237 Å². The fourth-order valence-corrected chi connectivity index (χ4v) is 5.57. The first-order valence-corrected chi connectivity index (χ1v) is 15.6. The SMILES string of the molecule is CCCCNC(=O)[C@H](CC)N(Cc1ccc(Cl)cc1Cl)C(=O)CCCN(c1ccc(C)c(C)c1)S(C)(=O)=O. The molecule has 0 spiro atoms. The van der Waals surface area contributed by atoms with E-state index in [1.165, 1.54) is 9.21 Å². The van der Waals surface area contributed by atoms with E-state index in [0.717, 1.165) is 30.2 Å². The summed E-state index contributed by atoms with van der Waals surface area (Å²) in [4.78, 5) is 28.1. The zero-order valence-electron chi connectivity index (χ0n) is 22.9. The summed E-state index contributed by atoms with van der Waals surface area (Å²) in [6, 6.07) is 9.86. The molecular formula is C28H39Cl2N3O4S. The number of amides is 2. The average Bonchev–Trinajstić information content (AvgIpc) is 2.84. The molecule has 0 aliphatic carbocycles. The first-order chi connectivity index (χ1) is 17.9. The maximum atomic E-state index is 13.5. The Balaban J connectivity index is 2.25. The summed E-state index contributed by atoms with van der Waals surface area (Å²) in [6.45, 7) is 8.61.